The molecule has 0 aliphatic carbocycles. The number of hydrogen-bond donors (Lipinski definition) is 3. The number of nitrogen functional groups attached to an aromatic ring is 1. The van der Waals surface area contributed by atoms with Crippen molar-refractivity contribution in [3.63, 3.8) is 0 Å². The Morgan fingerprint density at radius 3 is 2.78 bits per heavy atom. The second-order valence-corrected chi connectivity index (χ2v) is 4.28. The van der Waals surface area contributed by atoms with Crippen LogP contribution in [0.25, 0.3) is 0 Å². The van der Waals surface area contributed by atoms with Crippen molar-refractivity contribution in [2.24, 2.45) is 5.73 Å². The van der Waals surface area contributed by atoms with E-state index in [0.29, 0.717) is 15.7 Å². The van der Waals surface area contributed by atoms with Crippen molar-refractivity contribution >= 4 is 33.4 Å². The number of amides is 2. The molecule has 0 bridgehead atoms. The maximum Gasteiger partial charge on any atom is 0.252 e. The van der Waals surface area contributed by atoms with Gasteiger partial charge in [0.1, 0.15) is 6.61 Å². The minimum atomic E-state index is -0.542. The summed E-state index contributed by atoms with van der Waals surface area (Å²) in [4.78, 5) is 22.2. The molecule has 0 aliphatic heterocycles. The third-order valence-corrected chi connectivity index (χ3v) is 2.93. The molecular formula is C11H14BrN3O3. The number of benzene rings is 1. The van der Waals surface area contributed by atoms with Gasteiger partial charge in [0.2, 0.25) is 5.91 Å². The van der Waals surface area contributed by atoms with Gasteiger partial charge in [-0.3, -0.25) is 9.59 Å². The fraction of sp³-hybridized carbons (Fsp3) is 0.273. The number of carbonyl (C=O) groups is 2. The van der Waals surface area contributed by atoms with Gasteiger partial charge in [-0.2, -0.15) is 0 Å². The lowest BCUT2D eigenvalue weighted by Gasteiger charge is -2.08. The number of rotatable bonds is 6. The molecule has 0 atom stereocenters. The molecule has 1 aromatic rings. The van der Waals surface area contributed by atoms with Crippen molar-refractivity contribution < 1.29 is 14.3 Å². The van der Waals surface area contributed by atoms with E-state index in [1.54, 1.807) is 18.2 Å². The maximum absolute atomic E-state index is 11.8. The highest BCUT2D eigenvalue weighted by Gasteiger charge is 2.10. The highest BCUT2D eigenvalue weighted by Crippen LogP contribution is 2.23. The van der Waals surface area contributed by atoms with E-state index in [9.17, 15) is 9.59 Å². The first-order valence-corrected chi connectivity index (χ1v) is 6.00. The van der Waals surface area contributed by atoms with Gasteiger partial charge < -0.3 is 21.5 Å². The van der Waals surface area contributed by atoms with E-state index in [4.69, 9.17) is 16.2 Å². The fourth-order valence-corrected chi connectivity index (χ4v) is 1.67. The zero-order chi connectivity index (χ0) is 13.5. The Morgan fingerprint density at radius 1 is 1.39 bits per heavy atom. The summed E-state index contributed by atoms with van der Waals surface area (Å²) in [5, 5.41) is 2.64. The molecule has 7 heteroatoms. The molecule has 0 aromatic heterocycles. The van der Waals surface area contributed by atoms with Gasteiger partial charge in [0.25, 0.3) is 5.91 Å². The van der Waals surface area contributed by atoms with Crippen molar-refractivity contribution in [3.8, 4) is 0 Å². The van der Waals surface area contributed by atoms with Crippen LogP contribution in [0.2, 0.25) is 0 Å². The monoisotopic (exact) mass is 315 g/mol. The van der Waals surface area contributed by atoms with Gasteiger partial charge in [0.15, 0.2) is 0 Å². The van der Waals surface area contributed by atoms with Crippen LogP contribution in [-0.2, 0) is 9.53 Å². The largest absolute Gasteiger partial charge is 0.398 e. The molecule has 18 heavy (non-hydrogen) atoms. The molecule has 0 unspecified atom stereocenters. The van der Waals surface area contributed by atoms with Crippen LogP contribution >= 0.6 is 15.9 Å². The summed E-state index contributed by atoms with van der Waals surface area (Å²) in [5.74, 6) is -0.809. The molecule has 0 fully saturated rings. The van der Waals surface area contributed by atoms with E-state index >= 15 is 0 Å². The molecule has 0 aliphatic rings. The van der Waals surface area contributed by atoms with Crippen LogP contribution < -0.4 is 16.8 Å². The molecule has 0 heterocycles. The lowest BCUT2D eigenvalue weighted by Crippen LogP contribution is -2.29. The lowest BCUT2D eigenvalue weighted by atomic mass is 10.2. The van der Waals surface area contributed by atoms with Gasteiger partial charge in [-0.15, -0.1) is 0 Å². The quantitative estimate of drug-likeness (QED) is 0.517. The van der Waals surface area contributed by atoms with Crippen molar-refractivity contribution in [1.82, 2.24) is 5.32 Å². The topological polar surface area (TPSA) is 107 Å². The lowest BCUT2D eigenvalue weighted by molar-refractivity contribution is -0.122. The highest BCUT2D eigenvalue weighted by atomic mass is 79.9. The molecule has 1 aromatic carbocycles. The van der Waals surface area contributed by atoms with Crippen LogP contribution in [-0.4, -0.2) is 31.6 Å². The van der Waals surface area contributed by atoms with Gasteiger partial charge in [0.05, 0.1) is 16.6 Å². The molecule has 5 N–H and O–H groups in total. The van der Waals surface area contributed by atoms with Crippen LogP contribution in [0, 0.1) is 0 Å². The number of primary amides is 1. The molecule has 0 saturated carbocycles. The number of hydrogen-bond acceptors (Lipinski definition) is 4. The predicted molar refractivity (Wildman–Crippen MR) is 70.9 cm³/mol. The second-order valence-electron chi connectivity index (χ2n) is 3.48. The SMILES string of the molecule is NC(=O)COCCNC(=O)c1cccc(N)c1Br. The van der Waals surface area contributed by atoms with Crippen LogP contribution in [0.4, 0.5) is 5.69 Å². The van der Waals surface area contributed by atoms with Crippen LogP contribution in [0.1, 0.15) is 10.4 Å². The van der Waals surface area contributed by atoms with Gasteiger partial charge in [-0.1, -0.05) is 6.07 Å². The Hall–Kier alpha value is -1.60. The number of halogens is 1. The third-order valence-electron chi connectivity index (χ3n) is 2.05. The number of ether oxygens (including phenoxy) is 1. The Morgan fingerprint density at radius 2 is 2.11 bits per heavy atom. The normalized spacial score (nSPS) is 10.1. The Labute approximate surface area is 113 Å². The zero-order valence-corrected chi connectivity index (χ0v) is 11.2. The Kier molecular flexibility index (Phi) is 5.60. The summed E-state index contributed by atoms with van der Waals surface area (Å²) in [7, 11) is 0. The van der Waals surface area contributed by atoms with Crippen molar-refractivity contribution in [2.75, 3.05) is 25.5 Å². The number of anilines is 1. The van der Waals surface area contributed by atoms with Crippen molar-refractivity contribution in [2.45, 2.75) is 0 Å². The predicted octanol–water partition coefficient (Wildman–Crippen LogP) is 0.263. The van der Waals surface area contributed by atoms with Crippen LogP contribution in [0.5, 0.6) is 0 Å². The first-order chi connectivity index (χ1) is 8.52. The van der Waals surface area contributed by atoms with E-state index in [0.717, 1.165) is 0 Å². The minimum absolute atomic E-state index is 0.155. The van der Waals surface area contributed by atoms with E-state index in [1.165, 1.54) is 0 Å². The van der Waals surface area contributed by atoms with E-state index in [1.807, 2.05) is 0 Å². The summed E-state index contributed by atoms with van der Waals surface area (Å²) in [5.41, 5.74) is 11.5. The number of nitrogens with one attached hydrogen (secondary N) is 1. The number of carbonyl (C=O) groups excluding carboxylic acids is 2. The molecule has 1 rings (SSSR count). The van der Waals surface area contributed by atoms with Gasteiger partial charge in [0, 0.05) is 12.2 Å². The van der Waals surface area contributed by atoms with Crippen molar-refractivity contribution in [3.05, 3.63) is 28.2 Å². The van der Waals surface area contributed by atoms with Gasteiger partial charge >= 0.3 is 0 Å². The van der Waals surface area contributed by atoms with Crippen LogP contribution in [0.3, 0.4) is 0 Å². The molecule has 98 valence electrons. The van der Waals surface area contributed by atoms with E-state index < -0.39 is 5.91 Å². The molecule has 6 nitrogen and oxygen atoms in total. The van der Waals surface area contributed by atoms with Gasteiger partial charge in [-0.25, -0.2) is 0 Å². The van der Waals surface area contributed by atoms with E-state index in [-0.39, 0.29) is 25.7 Å². The molecule has 0 radical (unpaired) electrons. The molecule has 0 saturated heterocycles. The Bertz CT molecular complexity index is 451. The van der Waals surface area contributed by atoms with Gasteiger partial charge in [-0.05, 0) is 28.1 Å². The second kappa shape index (κ2) is 6.97. The van der Waals surface area contributed by atoms with Crippen LogP contribution in [0.15, 0.2) is 22.7 Å². The first-order valence-electron chi connectivity index (χ1n) is 5.20. The first kappa shape index (κ1) is 14.5. The minimum Gasteiger partial charge on any atom is -0.398 e. The molecule has 0 spiro atoms. The summed E-state index contributed by atoms with van der Waals surface area (Å²) in [6.45, 7) is 0.347. The highest BCUT2D eigenvalue weighted by molar-refractivity contribution is 9.10. The third kappa shape index (κ3) is 4.34. The average molecular weight is 316 g/mol. The summed E-state index contributed by atoms with van der Waals surface area (Å²) < 4.78 is 5.47. The summed E-state index contributed by atoms with van der Waals surface area (Å²) in [6.07, 6.45) is 0. The summed E-state index contributed by atoms with van der Waals surface area (Å²) in [6, 6.07) is 5.04. The maximum atomic E-state index is 11.8. The van der Waals surface area contributed by atoms with Crippen molar-refractivity contribution in [1.29, 1.82) is 0 Å². The van der Waals surface area contributed by atoms with E-state index in [2.05, 4.69) is 21.2 Å². The standard InChI is InChI=1S/C11H14BrN3O3/c12-10-7(2-1-3-8(10)13)11(17)15-4-5-18-6-9(14)16/h1-3H,4-6,13H2,(H2,14,16)(H,15,17). The summed E-state index contributed by atoms with van der Waals surface area (Å²) >= 11 is 3.24. The fourth-order valence-electron chi connectivity index (χ4n) is 1.23. The number of nitrogens with two attached hydrogens (primary N) is 2. The molecular weight excluding hydrogens is 302 g/mol. The smallest absolute Gasteiger partial charge is 0.252 e. The Balaban J connectivity index is 2.41. The average Bonchev–Trinajstić information content (AvgIpc) is 2.31. The zero-order valence-electron chi connectivity index (χ0n) is 9.61. The molecule has 2 amide bonds.